The van der Waals surface area contributed by atoms with E-state index in [1.54, 1.807) is 48.5 Å². The minimum absolute atomic E-state index is 0.0216. The Morgan fingerprint density at radius 1 is 1.02 bits per heavy atom. The number of ether oxygens (including phenoxy) is 1. The maximum absolute atomic E-state index is 13.5. The molecule has 5 rings (SSSR count). The zero-order chi connectivity index (χ0) is 29.6. The molecule has 3 aromatic carbocycles. The monoisotopic (exact) mass is 639 g/mol. The molecule has 1 amide bonds. The highest BCUT2D eigenvalue weighted by Crippen LogP contribution is 2.44. The summed E-state index contributed by atoms with van der Waals surface area (Å²) < 4.78 is 6.55. The molecule has 0 spiro atoms. The Balaban J connectivity index is 1.50. The lowest BCUT2D eigenvalue weighted by Gasteiger charge is -2.23. The summed E-state index contributed by atoms with van der Waals surface area (Å²) in [7, 11) is 0. The number of hydrogen-bond donors (Lipinski definition) is 1. The van der Waals surface area contributed by atoms with E-state index in [1.165, 1.54) is 28.0 Å². The molecule has 1 aliphatic rings. The van der Waals surface area contributed by atoms with Gasteiger partial charge in [0.05, 0.1) is 18.2 Å². The summed E-state index contributed by atoms with van der Waals surface area (Å²) >= 11 is 14.9. The fourth-order valence-corrected chi connectivity index (χ4v) is 6.98. The van der Waals surface area contributed by atoms with Crippen molar-refractivity contribution >= 4 is 68.9 Å². The molecular weight excluding hydrogens is 613 g/mol. The Morgan fingerprint density at radius 2 is 1.83 bits per heavy atom. The number of ketones is 1. The van der Waals surface area contributed by atoms with E-state index in [0.717, 1.165) is 24.8 Å². The van der Waals surface area contributed by atoms with Crippen LogP contribution in [0.25, 0.3) is 5.76 Å². The molecule has 216 valence electrons. The highest BCUT2D eigenvalue weighted by Gasteiger charge is 2.48. The van der Waals surface area contributed by atoms with Gasteiger partial charge in [-0.05, 0) is 41.8 Å². The van der Waals surface area contributed by atoms with Crippen molar-refractivity contribution in [2.45, 2.75) is 42.3 Å². The van der Waals surface area contributed by atoms with Gasteiger partial charge in [-0.15, -0.1) is 10.2 Å². The Labute approximate surface area is 262 Å². The maximum atomic E-state index is 13.5. The summed E-state index contributed by atoms with van der Waals surface area (Å²) in [5.74, 6) is -0.721. The first kappa shape index (κ1) is 30.1. The van der Waals surface area contributed by atoms with E-state index in [1.807, 2.05) is 24.3 Å². The second-order valence-electron chi connectivity index (χ2n) is 9.54. The molecule has 1 N–H and O–H groups in total. The predicted octanol–water partition coefficient (Wildman–Crippen LogP) is 8.33. The Kier molecular flexibility index (Phi) is 9.84. The number of nitrogens with zero attached hydrogens (tertiary/aromatic N) is 3. The standard InChI is InChI=1S/C31H27Cl2N3O4S2/c1-2-3-7-15-40-23-12-8-11-20(16-23)26-25(27(37)19-9-5-4-6-10-19)28(38)29(39)36(26)30-34-35-31(42-30)41-18-21-13-14-22(32)17-24(21)33/h4-6,8-14,16-17,26,37H,2-3,7,15,18H2,1H3. The molecular formula is C31H27Cl2N3O4S2. The first-order valence-corrected chi connectivity index (χ1v) is 15.9. The average molecular weight is 641 g/mol. The molecule has 0 radical (unpaired) electrons. The number of aliphatic hydroxyl groups excluding tert-OH is 1. The molecule has 1 unspecified atom stereocenters. The van der Waals surface area contributed by atoms with Gasteiger partial charge < -0.3 is 9.84 Å². The van der Waals surface area contributed by atoms with Crippen LogP contribution in [-0.2, 0) is 15.3 Å². The molecule has 42 heavy (non-hydrogen) atoms. The summed E-state index contributed by atoms with van der Waals surface area (Å²) in [4.78, 5) is 28.3. The SMILES string of the molecule is CCCCCOc1cccc(C2C(=C(O)c3ccccc3)C(=O)C(=O)N2c2nnc(SCc3ccc(Cl)cc3Cl)s2)c1. The molecule has 7 nitrogen and oxygen atoms in total. The van der Waals surface area contributed by atoms with Gasteiger partial charge in [0.25, 0.3) is 5.78 Å². The molecule has 4 aromatic rings. The summed E-state index contributed by atoms with van der Waals surface area (Å²) in [5, 5.41) is 21.2. The van der Waals surface area contributed by atoms with Crippen LogP contribution in [0.15, 0.2) is 82.7 Å². The third kappa shape index (κ3) is 6.65. The quantitative estimate of drug-likeness (QED) is 0.0440. The van der Waals surface area contributed by atoms with Crippen molar-refractivity contribution in [2.24, 2.45) is 0 Å². The van der Waals surface area contributed by atoms with Crippen molar-refractivity contribution in [1.82, 2.24) is 10.2 Å². The van der Waals surface area contributed by atoms with E-state index in [0.29, 0.717) is 43.6 Å². The number of halogens is 2. The average Bonchev–Trinajstić information content (AvgIpc) is 3.57. The minimum Gasteiger partial charge on any atom is -0.507 e. The van der Waals surface area contributed by atoms with Gasteiger partial charge in [0.15, 0.2) is 4.34 Å². The van der Waals surface area contributed by atoms with Gasteiger partial charge >= 0.3 is 5.91 Å². The number of benzene rings is 3. The Hall–Kier alpha value is -3.37. The smallest absolute Gasteiger partial charge is 0.301 e. The van der Waals surface area contributed by atoms with Crippen molar-refractivity contribution in [3.05, 3.63) is 105 Å². The lowest BCUT2D eigenvalue weighted by molar-refractivity contribution is -0.132. The minimum atomic E-state index is -0.930. The summed E-state index contributed by atoms with van der Waals surface area (Å²) in [6.07, 6.45) is 3.05. The molecule has 1 atom stereocenters. The topological polar surface area (TPSA) is 92.6 Å². The van der Waals surface area contributed by atoms with Gasteiger partial charge in [-0.25, -0.2) is 0 Å². The van der Waals surface area contributed by atoms with Crippen LogP contribution in [-0.4, -0.2) is 33.6 Å². The maximum Gasteiger partial charge on any atom is 0.301 e. The molecule has 0 aliphatic carbocycles. The van der Waals surface area contributed by atoms with Crippen LogP contribution >= 0.6 is 46.3 Å². The Bertz CT molecular complexity index is 1630. The summed E-state index contributed by atoms with van der Waals surface area (Å²) in [6, 6.07) is 20.3. The van der Waals surface area contributed by atoms with Crippen LogP contribution in [0.5, 0.6) is 5.75 Å². The van der Waals surface area contributed by atoms with E-state index >= 15 is 0 Å². The van der Waals surface area contributed by atoms with Crippen LogP contribution in [0.2, 0.25) is 10.0 Å². The number of carbonyl (C=O) groups excluding carboxylic acids is 2. The number of aliphatic hydroxyl groups is 1. The molecule has 1 aromatic heterocycles. The third-order valence-corrected chi connectivity index (χ3v) is 9.34. The van der Waals surface area contributed by atoms with Gasteiger partial charge in [0.1, 0.15) is 11.5 Å². The molecule has 11 heteroatoms. The van der Waals surface area contributed by atoms with Crippen LogP contribution in [0.4, 0.5) is 5.13 Å². The molecule has 2 heterocycles. The fraction of sp³-hybridized carbons (Fsp3) is 0.226. The number of aromatic nitrogens is 2. The van der Waals surface area contributed by atoms with E-state index in [4.69, 9.17) is 27.9 Å². The zero-order valence-corrected chi connectivity index (χ0v) is 25.8. The Morgan fingerprint density at radius 3 is 2.60 bits per heavy atom. The van der Waals surface area contributed by atoms with Gasteiger partial charge in [0.2, 0.25) is 5.13 Å². The number of carbonyl (C=O) groups is 2. The van der Waals surface area contributed by atoms with Crippen LogP contribution < -0.4 is 9.64 Å². The van der Waals surface area contributed by atoms with Crippen molar-refractivity contribution in [3.63, 3.8) is 0 Å². The number of unbranched alkanes of at least 4 members (excludes halogenated alkanes) is 2. The van der Waals surface area contributed by atoms with Crippen molar-refractivity contribution < 1.29 is 19.4 Å². The second kappa shape index (κ2) is 13.7. The van der Waals surface area contributed by atoms with Crippen LogP contribution in [0, 0.1) is 0 Å². The third-order valence-electron chi connectivity index (χ3n) is 6.65. The molecule has 1 saturated heterocycles. The largest absolute Gasteiger partial charge is 0.507 e. The van der Waals surface area contributed by atoms with Gasteiger partial charge in [-0.2, -0.15) is 0 Å². The fourth-order valence-electron chi connectivity index (χ4n) is 4.55. The summed E-state index contributed by atoms with van der Waals surface area (Å²) in [6.45, 7) is 2.68. The lowest BCUT2D eigenvalue weighted by Crippen LogP contribution is -2.29. The molecule has 0 bridgehead atoms. The highest BCUT2D eigenvalue weighted by molar-refractivity contribution is 8.00. The van der Waals surface area contributed by atoms with Crippen molar-refractivity contribution in [2.75, 3.05) is 11.5 Å². The van der Waals surface area contributed by atoms with E-state index in [-0.39, 0.29) is 16.5 Å². The van der Waals surface area contributed by atoms with Crippen LogP contribution in [0.1, 0.15) is 48.9 Å². The highest BCUT2D eigenvalue weighted by atomic mass is 35.5. The summed E-state index contributed by atoms with van der Waals surface area (Å²) in [5.41, 5.74) is 1.89. The molecule has 1 aliphatic heterocycles. The van der Waals surface area contributed by atoms with Crippen molar-refractivity contribution in [3.8, 4) is 5.75 Å². The normalized spacial score (nSPS) is 16.3. The van der Waals surface area contributed by atoms with E-state index in [9.17, 15) is 14.7 Å². The van der Waals surface area contributed by atoms with Gasteiger partial charge in [-0.3, -0.25) is 14.5 Å². The van der Waals surface area contributed by atoms with Gasteiger partial charge in [0, 0.05) is 21.4 Å². The first-order valence-electron chi connectivity index (χ1n) is 13.4. The predicted molar refractivity (Wildman–Crippen MR) is 169 cm³/mol. The molecule has 1 fully saturated rings. The van der Waals surface area contributed by atoms with Gasteiger partial charge in [-0.1, -0.05) is 115 Å². The first-order chi connectivity index (χ1) is 20.4. The number of amides is 1. The number of rotatable bonds is 11. The number of hydrogen-bond acceptors (Lipinski definition) is 8. The lowest BCUT2D eigenvalue weighted by atomic mass is 9.95. The van der Waals surface area contributed by atoms with Crippen LogP contribution in [0.3, 0.4) is 0 Å². The number of thioether (sulfide) groups is 1. The van der Waals surface area contributed by atoms with E-state index in [2.05, 4.69) is 17.1 Å². The zero-order valence-electron chi connectivity index (χ0n) is 22.6. The van der Waals surface area contributed by atoms with E-state index < -0.39 is 17.7 Å². The number of Topliss-reactive ketones (excluding diaryl/α,β-unsaturated/α-hetero) is 1. The number of anilines is 1. The van der Waals surface area contributed by atoms with Crippen molar-refractivity contribution in [1.29, 1.82) is 0 Å². The second-order valence-corrected chi connectivity index (χ2v) is 12.6. The molecule has 0 saturated carbocycles.